The number of aryl methyl sites for hydroxylation is 1. The number of unbranched alkanes of at least 4 members (excludes halogenated alkanes) is 1. The van der Waals surface area contributed by atoms with Crippen molar-refractivity contribution in [3.63, 3.8) is 0 Å². The number of hydrogen-bond acceptors (Lipinski definition) is 1. The van der Waals surface area contributed by atoms with E-state index < -0.39 is 0 Å². The molecule has 0 atom stereocenters. The van der Waals surface area contributed by atoms with Crippen molar-refractivity contribution in [3.05, 3.63) is 33.5 Å². The van der Waals surface area contributed by atoms with E-state index in [9.17, 15) is 4.39 Å². The third kappa shape index (κ3) is 3.41. The molecule has 1 rings (SSSR count). The number of benzene rings is 1. The van der Waals surface area contributed by atoms with Crippen LogP contribution in [0.3, 0.4) is 0 Å². The van der Waals surface area contributed by atoms with Crippen LogP contribution in [0.1, 0.15) is 37.8 Å². The first kappa shape index (κ1) is 13.4. The third-order valence-electron chi connectivity index (χ3n) is 2.47. The fraction of sp³-hybridized carbons (Fsp3) is 0.462. The van der Waals surface area contributed by atoms with Gasteiger partial charge in [-0.15, -0.1) is 0 Å². The Morgan fingerprint density at radius 3 is 2.69 bits per heavy atom. The summed E-state index contributed by atoms with van der Waals surface area (Å²) in [6.45, 7) is 6.86. The minimum absolute atomic E-state index is 0.213. The molecule has 0 aliphatic rings. The van der Waals surface area contributed by atoms with Crippen molar-refractivity contribution < 1.29 is 4.39 Å². The predicted octanol–water partition coefficient (Wildman–Crippen LogP) is 4.51. The molecule has 0 bridgehead atoms. The molecule has 0 saturated heterocycles. The van der Waals surface area contributed by atoms with Crippen LogP contribution >= 0.6 is 15.9 Å². The smallest absolute Gasteiger partial charge is 0.124 e. The Morgan fingerprint density at radius 1 is 1.44 bits per heavy atom. The van der Waals surface area contributed by atoms with Gasteiger partial charge in [0.05, 0.1) is 0 Å². The van der Waals surface area contributed by atoms with Gasteiger partial charge in [-0.25, -0.2) is 4.39 Å². The van der Waals surface area contributed by atoms with Gasteiger partial charge >= 0.3 is 0 Å². The fourth-order valence-electron chi connectivity index (χ4n) is 1.64. The SMILES string of the molecule is CCCCN=C(C)c1c(C)cc(F)cc1Br. The number of aliphatic imine (C=N–C) groups is 1. The predicted molar refractivity (Wildman–Crippen MR) is 70.8 cm³/mol. The standard InChI is InChI=1S/C13H17BrFN/c1-4-5-6-16-10(3)13-9(2)7-11(15)8-12(13)14/h7-8H,4-6H2,1-3H3. The molecule has 0 N–H and O–H groups in total. The Morgan fingerprint density at radius 2 is 2.12 bits per heavy atom. The lowest BCUT2D eigenvalue weighted by Crippen LogP contribution is -2.02. The van der Waals surface area contributed by atoms with Crippen LogP contribution in [0.25, 0.3) is 0 Å². The molecule has 0 spiro atoms. The molecular formula is C13H17BrFN. The molecule has 0 aliphatic carbocycles. The van der Waals surface area contributed by atoms with E-state index in [-0.39, 0.29) is 5.82 Å². The number of halogens is 2. The highest BCUT2D eigenvalue weighted by molar-refractivity contribution is 9.10. The number of nitrogens with zero attached hydrogens (tertiary/aromatic N) is 1. The molecule has 0 unspecified atom stereocenters. The number of rotatable bonds is 4. The Hall–Kier alpha value is -0.700. The van der Waals surface area contributed by atoms with E-state index in [2.05, 4.69) is 27.8 Å². The highest BCUT2D eigenvalue weighted by atomic mass is 79.9. The van der Waals surface area contributed by atoms with Gasteiger partial charge in [0.1, 0.15) is 5.82 Å². The Labute approximate surface area is 105 Å². The molecule has 0 aromatic heterocycles. The van der Waals surface area contributed by atoms with E-state index in [4.69, 9.17) is 0 Å². The van der Waals surface area contributed by atoms with Crippen LogP contribution in [-0.4, -0.2) is 12.3 Å². The van der Waals surface area contributed by atoms with Crippen LogP contribution in [0.2, 0.25) is 0 Å². The Kier molecular flexibility index (Phi) is 5.13. The summed E-state index contributed by atoms with van der Waals surface area (Å²) in [7, 11) is 0. The average molecular weight is 286 g/mol. The van der Waals surface area contributed by atoms with Gasteiger partial charge < -0.3 is 0 Å². The summed E-state index contributed by atoms with van der Waals surface area (Å²) in [6, 6.07) is 3.03. The van der Waals surface area contributed by atoms with Gasteiger partial charge in [0.15, 0.2) is 0 Å². The van der Waals surface area contributed by atoms with Crippen LogP contribution in [-0.2, 0) is 0 Å². The fourth-order valence-corrected chi connectivity index (χ4v) is 2.46. The van der Waals surface area contributed by atoms with Crippen LogP contribution < -0.4 is 0 Å². The lowest BCUT2D eigenvalue weighted by Gasteiger charge is -2.08. The van der Waals surface area contributed by atoms with Gasteiger partial charge in [0, 0.05) is 22.3 Å². The first-order valence-electron chi connectivity index (χ1n) is 5.53. The molecule has 0 fully saturated rings. The van der Waals surface area contributed by atoms with Gasteiger partial charge in [-0.3, -0.25) is 4.99 Å². The largest absolute Gasteiger partial charge is 0.289 e. The van der Waals surface area contributed by atoms with Crippen LogP contribution in [0, 0.1) is 12.7 Å². The van der Waals surface area contributed by atoms with E-state index in [0.717, 1.165) is 40.7 Å². The van der Waals surface area contributed by atoms with Crippen LogP contribution in [0.4, 0.5) is 4.39 Å². The van der Waals surface area contributed by atoms with E-state index >= 15 is 0 Å². The zero-order valence-electron chi connectivity index (χ0n) is 9.98. The molecule has 0 amide bonds. The monoisotopic (exact) mass is 285 g/mol. The molecule has 0 heterocycles. The maximum absolute atomic E-state index is 13.1. The summed E-state index contributed by atoms with van der Waals surface area (Å²) in [6.07, 6.45) is 2.23. The molecular weight excluding hydrogens is 269 g/mol. The first-order chi connectivity index (χ1) is 7.56. The number of hydrogen-bond donors (Lipinski definition) is 0. The first-order valence-corrected chi connectivity index (χ1v) is 6.32. The Balaban J connectivity index is 2.99. The summed E-state index contributed by atoms with van der Waals surface area (Å²) in [5, 5.41) is 0. The quantitative estimate of drug-likeness (QED) is 0.570. The lowest BCUT2D eigenvalue weighted by atomic mass is 10.0. The third-order valence-corrected chi connectivity index (χ3v) is 3.10. The van der Waals surface area contributed by atoms with Crippen molar-refractivity contribution in [2.45, 2.75) is 33.6 Å². The normalized spacial score (nSPS) is 11.9. The van der Waals surface area contributed by atoms with Crippen molar-refractivity contribution in [1.82, 2.24) is 0 Å². The van der Waals surface area contributed by atoms with Crippen LogP contribution in [0.15, 0.2) is 21.6 Å². The summed E-state index contributed by atoms with van der Waals surface area (Å²) < 4.78 is 13.9. The van der Waals surface area contributed by atoms with Crippen LogP contribution in [0.5, 0.6) is 0 Å². The zero-order chi connectivity index (χ0) is 12.1. The van der Waals surface area contributed by atoms with E-state index in [0.29, 0.717) is 0 Å². The molecule has 1 aromatic rings. The van der Waals surface area contributed by atoms with Crippen molar-refractivity contribution in [1.29, 1.82) is 0 Å². The molecule has 1 aromatic carbocycles. The van der Waals surface area contributed by atoms with Crippen molar-refractivity contribution in [3.8, 4) is 0 Å². The highest BCUT2D eigenvalue weighted by Crippen LogP contribution is 2.23. The molecule has 88 valence electrons. The van der Waals surface area contributed by atoms with Gasteiger partial charge in [-0.2, -0.15) is 0 Å². The van der Waals surface area contributed by atoms with E-state index in [1.54, 1.807) is 6.07 Å². The molecule has 0 saturated carbocycles. The molecule has 0 radical (unpaired) electrons. The van der Waals surface area contributed by atoms with Gasteiger partial charge in [-0.1, -0.05) is 13.3 Å². The second-order valence-electron chi connectivity index (χ2n) is 3.90. The lowest BCUT2D eigenvalue weighted by molar-refractivity contribution is 0.625. The molecule has 3 heteroatoms. The Bertz CT molecular complexity index is 376. The average Bonchev–Trinajstić information content (AvgIpc) is 2.16. The highest BCUT2D eigenvalue weighted by Gasteiger charge is 2.08. The van der Waals surface area contributed by atoms with Crippen molar-refractivity contribution in [2.24, 2.45) is 4.99 Å². The molecule has 1 nitrogen and oxygen atoms in total. The van der Waals surface area contributed by atoms with Gasteiger partial charge in [0.25, 0.3) is 0 Å². The minimum Gasteiger partial charge on any atom is -0.289 e. The summed E-state index contributed by atoms with van der Waals surface area (Å²) in [5.74, 6) is -0.213. The summed E-state index contributed by atoms with van der Waals surface area (Å²) >= 11 is 3.39. The minimum atomic E-state index is -0.213. The maximum atomic E-state index is 13.1. The maximum Gasteiger partial charge on any atom is 0.124 e. The van der Waals surface area contributed by atoms with Gasteiger partial charge in [0.2, 0.25) is 0 Å². The van der Waals surface area contributed by atoms with Crippen molar-refractivity contribution >= 4 is 21.6 Å². The molecule has 16 heavy (non-hydrogen) atoms. The van der Waals surface area contributed by atoms with Gasteiger partial charge in [-0.05, 0) is 53.9 Å². The topological polar surface area (TPSA) is 12.4 Å². The van der Waals surface area contributed by atoms with E-state index in [1.165, 1.54) is 6.07 Å². The summed E-state index contributed by atoms with van der Waals surface area (Å²) in [4.78, 5) is 4.50. The second-order valence-corrected chi connectivity index (χ2v) is 4.75. The second kappa shape index (κ2) is 6.14. The summed E-state index contributed by atoms with van der Waals surface area (Å²) in [5.41, 5.74) is 2.90. The van der Waals surface area contributed by atoms with Crippen molar-refractivity contribution in [2.75, 3.05) is 6.54 Å². The molecule has 0 aliphatic heterocycles. The zero-order valence-corrected chi connectivity index (χ0v) is 11.6. The van der Waals surface area contributed by atoms with E-state index in [1.807, 2.05) is 13.8 Å².